The number of anilines is 1. The smallest absolute Gasteiger partial charge is 0.0681 e. The Kier molecular flexibility index (Phi) is 5.71. The van der Waals surface area contributed by atoms with Gasteiger partial charge in [-0.05, 0) is 43.0 Å². The SMILES string of the molecule is CSCCC(C)N(C)c1ccc(CO)cc1. The van der Waals surface area contributed by atoms with Gasteiger partial charge in [0.1, 0.15) is 0 Å². The van der Waals surface area contributed by atoms with Gasteiger partial charge in [-0.25, -0.2) is 0 Å². The van der Waals surface area contributed by atoms with Crippen molar-refractivity contribution in [2.24, 2.45) is 0 Å². The summed E-state index contributed by atoms with van der Waals surface area (Å²) in [6.45, 7) is 2.36. The van der Waals surface area contributed by atoms with E-state index in [0.29, 0.717) is 6.04 Å². The Hall–Kier alpha value is -0.670. The van der Waals surface area contributed by atoms with E-state index in [2.05, 4.69) is 37.3 Å². The lowest BCUT2D eigenvalue weighted by Gasteiger charge is -2.27. The van der Waals surface area contributed by atoms with Gasteiger partial charge in [0.2, 0.25) is 0 Å². The molecule has 90 valence electrons. The number of thioether (sulfide) groups is 1. The normalized spacial score (nSPS) is 12.5. The maximum absolute atomic E-state index is 8.98. The third kappa shape index (κ3) is 3.72. The Bertz CT molecular complexity index is 299. The highest BCUT2D eigenvalue weighted by Gasteiger charge is 2.09. The lowest BCUT2D eigenvalue weighted by molar-refractivity contribution is 0.282. The zero-order valence-electron chi connectivity index (χ0n) is 10.3. The van der Waals surface area contributed by atoms with Crippen LogP contribution in [0.1, 0.15) is 18.9 Å². The monoisotopic (exact) mass is 239 g/mol. The zero-order valence-corrected chi connectivity index (χ0v) is 11.1. The second-order valence-corrected chi connectivity index (χ2v) is 5.05. The Morgan fingerprint density at radius 2 is 1.94 bits per heavy atom. The van der Waals surface area contributed by atoms with Crippen LogP contribution in [-0.2, 0) is 6.61 Å². The fourth-order valence-corrected chi connectivity index (χ4v) is 2.15. The largest absolute Gasteiger partial charge is 0.392 e. The summed E-state index contributed by atoms with van der Waals surface area (Å²) >= 11 is 1.89. The summed E-state index contributed by atoms with van der Waals surface area (Å²) in [6.07, 6.45) is 3.34. The molecule has 0 bridgehead atoms. The molecule has 0 amide bonds. The van der Waals surface area contributed by atoms with Crippen LogP contribution in [0, 0.1) is 0 Å². The molecule has 1 aromatic rings. The van der Waals surface area contributed by atoms with Crippen LogP contribution >= 0.6 is 11.8 Å². The molecule has 0 aromatic heterocycles. The third-order valence-electron chi connectivity index (χ3n) is 2.93. The quantitative estimate of drug-likeness (QED) is 0.825. The van der Waals surface area contributed by atoms with Crippen molar-refractivity contribution in [3.05, 3.63) is 29.8 Å². The molecule has 1 N–H and O–H groups in total. The maximum Gasteiger partial charge on any atom is 0.0681 e. The van der Waals surface area contributed by atoms with Crippen LogP contribution in [0.5, 0.6) is 0 Å². The molecule has 0 spiro atoms. The van der Waals surface area contributed by atoms with E-state index in [9.17, 15) is 0 Å². The summed E-state index contributed by atoms with van der Waals surface area (Å²) < 4.78 is 0. The van der Waals surface area contributed by atoms with Crippen molar-refractivity contribution >= 4 is 17.4 Å². The Morgan fingerprint density at radius 1 is 1.31 bits per heavy atom. The highest BCUT2D eigenvalue weighted by Crippen LogP contribution is 2.18. The van der Waals surface area contributed by atoms with E-state index in [0.717, 1.165) is 5.56 Å². The van der Waals surface area contributed by atoms with E-state index in [4.69, 9.17) is 5.11 Å². The van der Waals surface area contributed by atoms with Gasteiger partial charge in [-0.1, -0.05) is 12.1 Å². The van der Waals surface area contributed by atoms with Crippen LogP contribution in [0.3, 0.4) is 0 Å². The van der Waals surface area contributed by atoms with Gasteiger partial charge in [0, 0.05) is 18.8 Å². The molecule has 3 heteroatoms. The maximum atomic E-state index is 8.98. The van der Waals surface area contributed by atoms with Gasteiger partial charge in [0.25, 0.3) is 0 Å². The number of nitrogens with zero attached hydrogens (tertiary/aromatic N) is 1. The summed E-state index contributed by atoms with van der Waals surface area (Å²) in [5.41, 5.74) is 2.18. The van der Waals surface area contributed by atoms with Crippen molar-refractivity contribution in [2.75, 3.05) is 24.0 Å². The van der Waals surface area contributed by atoms with Gasteiger partial charge in [-0.2, -0.15) is 11.8 Å². The zero-order chi connectivity index (χ0) is 12.0. The van der Waals surface area contributed by atoms with Crippen molar-refractivity contribution in [1.82, 2.24) is 0 Å². The molecule has 0 aliphatic heterocycles. The third-order valence-corrected chi connectivity index (χ3v) is 3.57. The highest BCUT2D eigenvalue weighted by atomic mass is 32.2. The molecular formula is C13H21NOS. The minimum absolute atomic E-state index is 0.117. The van der Waals surface area contributed by atoms with Gasteiger partial charge in [-0.15, -0.1) is 0 Å². The van der Waals surface area contributed by atoms with E-state index in [1.165, 1.54) is 17.9 Å². The first-order chi connectivity index (χ1) is 7.69. The van der Waals surface area contributed by atoms with E-state index in [-0.39, 0.29) is 6.61 Å². The van der Waals surface area contributed by atoms with Crippen molar-refractivity contribution in [3.8, 4) is 0 Å². The fraction of sp³-hybridized carbons (Fsp3) is 0.538. The summed E-state index contributed by atoms with van der Waals surface area (Å²) in [5.74, 6) is 1.19. The molecule has 0 fully saturated rings. The van der Waals surface area contributed by atoms with Crippen LogP contribution in [0.15, 0.2) is 24.3 Å². The Labute approximate surface area is 103 Å². The van der Waals surface area contributed by atoms with Gasteiger partial charge in [0.05, 0.1) is 6.61 Å². The molecule has 2 nitrogen and oxygen atoms in total. The standard InChI is InChI=1S/C13H21NOS/c1-11(8-9-16-3)14(2)13-6-4-12(10-15)5-7-13/h4-7,11,15H,8-10H2,1-3H3. The second kappa shape index (κ2) is 6.81. The van der Waals surface area contributed by atoms with Crippen molar-refractivity contribution in [1.29, 1.82) is 0 Å². The Balaban J connectivity index is 2.60. The molecule has 16 heavy (non-hydrogen) atoms. The van der Waals surface area contributed by atoms with Crippen LogP contribution < -0.4 is 4.90 Å². The lowest BCUT2D eigenvalue weighted by atomic mass is 10.1. The molecule has 1 aromatic carbocycles. The summed E-state index contributed by atoms with van der Waals surface area (Å²) in [5, 5.41) is 8.98. The first kappa shape index (κ1) is 13.4. The second-order valence-electron chi connectivity index (χ2n) is 4.07. The molecule has 0 saturated heterocycles. The molecule has 0 saturated carbocycles. The average molecular weight is 239 g/mol. The lowest BCUT2D eigenvalue weighted by Crippen LogP contribution is -2.29. The van der Waals surface area contributed by atoms with Crippen molar-refractivity contribution in [2.45, 2.75) is 26.0 Å². The number of benzene rings is 1. The van der Waals surface area contributed by atoms with Gasteiger partial charge >= 0.3 is 0 Å². The number of hydrogen-bond donors (Lipinski definition) is 1. The van der Waals surface area contributed by atoms with Crippen LogP contribution in [0.25, 0.3) is 0 Å². The molecule has 1 rings (SSSR count). The molecular weight excluding hydrogens is 218 g/mol. The van der Waals surface area contributed by atoms with Gasteiger partial charge < -0.3 is 10.0 Å². The number of aliphatic hydroxyl groups is 1. The first-order valence-electron chi connectivity index (χ1n) is 5.60. The molecule has 1 unspecified atom stereocenters. The average Bonchev–Trinajstić information content (AvgIpc) is 2.35. The summed E-state index contributed by atoms with van der Waals surface area (Å²) in [6, 6.07) is 8.65. The van der Waals surface area contributed by atoms with E-state index < -0.39 is 0 Å². The number of aliphatic hydroxyl groups excluding tert-OH is 1. The summed E-state index contributed by atoms with van der Waals surface area (Å²) in [7, 11) is 2.12. The molecule has 1 atom stereocenters. The predicted octanol–water partition coefficient (Wildman–Crippen LogP) is 2.76. The van der Waals surface area contributed by atoms with Crippen LogP contribution in [0.4, 0.5) is 5.69 Å². The van der Waals surface area contributed by atoms with Crippen molar-refractivity contribution in [3.63, 3.8) is 0 Å². The van der Waals surface area contributed by atoms with Crippen LogP contribution in [0.2, 0.25) is 0 Å². The number of rotatable bonds is 6. The minimum Gasteiger partial charge on any atom is -0.392 e. The molecule has 0 aliphatic rings. The van der Waals surface area contributed by atoms with E-state index in [1.807, 2.05) is 23.9 Å². The highest BCUT2D eigenvalue weighted by molar-refractivity contribution is 7.98. The van der Waals surface area contributed by atoms with Crippen LogP contribution in [-0.4, -0.2) is 30.2 Å². The van der Waals surface area contributed by atoms with Gasteiger partial charge in [-0.3, -0.25) is 0 Å². The Morgan fingerprint density at radius 3 is 2.44 bits per heavy atom. The topological polar surface area (TPSA) is 23.5 Å². The van der Waals surface area contributed by atoms with Gasteiger partial charge in [0.15, 0.2) is 0 Å². The fourth-order valence-electron chi connectivity index (χ4n) is 1.57. The van der Waals surface area contributed by atoms with E-state index in [1.54, 1.807) is 0 Å². The van der Waals surface area contributed by atoms with Crippen molar-refractivity contribution < 1.29 is 5.11 Å². The first-order valence-corrected chi connectivity index (χ1v) is 7.00. The number of hydrogen-bond acceptors (Lipinski definition) is 3. The molecule has 0 aliphatic carbocycles. The molecule has 0 radical (unpaired) electrons. The summed E-state index contributed by atoms with van der Waals surface area (Å²) in [4.78, 5) is 2.29. The molecule has 0 heterocycles. The van der Waals surface area contributed by atoms with E-state index >= 15 is 0 Å². The predicted molar refractivity (Wildman–Crippen MR) is 73.2 cm³/mol. The minimum atomic E-state index is 0.117.